The monoisotopic (exact) mass is 260 g/mol. The number of rotatable bonds is 4. The second kappa shape index (κ2) is 6.15. The molecule has 104 valence electrons. The fourth-order valence-corrected chi connectivity index (χ4v) is 2.57. The first-order chi connectivity index (χ1) is 9.06. The number of piperidine rings is 1. The highest BCUT2D eigenvalue weighted by atomic mass is 15.2. The van der Waals surface area contributed by atoms with Gasteiger partial charge in [0.2, 0.25) is 0 Å². The normalized spacial score (nSPS) is 19.2. The van der Waals surface area contributed by atoms with Crippen LogP contribution in [0.1, 0.15) is 37.2 Å². The van der Waals surface area contributed by atoms with Crippen LogP contribution < -0.4 is 10.2 Å². The van der Waals surface area contributed by atoms with E-state index in [1.807, 2.05) is 13.8 Å². The first kappa shape index (κ1) is 14.0. The summed E-state index contributed by atoms with van der Waals surface area (Å²) in [5.41, 5.74) is 2.31. The molecule has 0 bridgehead atoms. The zero-order valence-corrected chi connectivity index (χ0v) is 12.2. The quantitative estimate of drug-likeness (QED) is 0.843. The third-order valence-corrected chi connectivity index (χ3v) is 3.46. The summed E-state index contributed by atoms with van der Waals surface area (Å²) in [6.07, 6.45) is 2.44. The molecule has 1 saturated heterocycles. The smallest absolute Gasteiger partial charge is 0.132 e. The molecule has 2 heterocycles. The van der Waals surface area contributed by atoms with E-state index < -0.39 is 0 Å². The van der Waals surface area contributed by atoms with Crippen molar-refractivity contribution in [2.45, 2.75) is 32.6 Å². The van der Waals surface area contributed by atoms with Crippen LogP contribution in [0.15, 0.2) is 18.2 Å². The van der Waals surface area contributed by atoms with Gasteiger partial charge in [0.25, 0.3) is 0 Å². The Balaban J connectivity index is 2.20. The maximum Gasteiger partial charge on any atom is 0.132 e. The van der Waals surface area contributed by atoms with Gasteiger partial charge in [-0.05, 0) is 33.2 Å². The van der Waals surface area contributed by atoms with Crippen LogP contribution in [0.2, 0.25) is 0 Å². The van der Waals surface area contributed by atoms with Crippen LogP contribution in [0.3, 0.4) is 0 Å². The topological polar surface area (TPSA) is 41.0 Å². The predicted octanol–water partition coefficient (Wildman–Crippen LogP) is 2.26. The molecule has 0 aliphatic carbocycles. The van der Waals surface area contributed by atoms with E-state index in [9.17, 15) is 0 Å². The van der Waals surface area contributed by atoms with Crippen molar-refractivity contribution in [3.05, 3.63) is 29.7 Å². The number of aryl methyl sites for hydroxylation is 1. The zero-order valence-electron chi connectivity index (χ0n) is 12.2. The molecule has 1 N–H and O–H groups in total. The molecule has 1 atom stereocenters. The van der Waals surface area contributed by atoms with Crippen molar-refractivity contribution >= 4 is 5.82 Å². The molecule has 0 spiro atoms. The van der Waals surface area contributed by atoms with Gasteiger partial charge in [0.1, 0.15) is 11.6 Å². The lowest BCUT2D eigenvalue weighted by Crippen LogP contribution is -2.29. The Hall–Kier alpha value is -1.42. The average molecular weight is 260 g/mol. The maximum atomic E-state index is 4.62. The average Bonchev–Trinajstić information content (AvgIpc) is 2.38. The first-order valence-corrected chi connectivity index (χ1v) is 6.98. The minimum atomic E-state index is 0.521. The van der Waals surface area contributed by atoms with Gasteiger partial charge in [-0.2, -0.15) is 0 Å². The standard InChI is InChI=1S/C15H24N4/c1-11(2)10-19(4)15-8-14(17-12(3)18-15)13-6-5-7-16-9-13/h8,13,16H,1,5-7,9-10H2,2-4H3. The molecule has 19 heavy (non-hydrogen) atoms. The molecule has 2 rings (SSSR count). The highest BCUT2D eigenvalue weighted by molar-refractivity contribution is 5.41. The molecular formula is C15H24N4. The molecule has 1 aliphatic heterocycles. The fraction of sp³-hybridized carbons (Fsp3) is 0.600. The number of hydrogen-bond donors (Lipinski definition) is 1. The van der Waals surface area contributed by atoms with Crippen LogP contribution in [0.25, 0.3) is 0 Å². The van der Waals surface area contributed by atoms with Crippen molar-refractivity contribution in [2.24, 2.45) is 0 Å². The van der Waals surface area contributed by atoms with E-state index in [-0.39, 0.29) is 0 Å². The summed E-state index contributed by atoms with van der Waals surface area (Å²) >= 11 is 0. The van der Waals surface area contributed by atoms with Gasteiger partial charge < -0.3 is 10.2 Å². The summed E-state index contributed by atoms with van der Waals surface area (Å²) in [5.74, 6) is 2.37. The number of hydrogen-bond acceptors (Lipinski definition) is 4. The zero-order chi connectivity index (χ0) is 13.8. The molecule has 0 radical (unpaired) electrons. The van der Waals surface area contributed by atoms with E-state index in [2.05, 4.69) is 39.9 Å². The fourth-order valence-electron chi connectivity index (χ4n) is 2.57. The van der Waals surface area contributed by atoms with Gasteiger partial charge in [-0.1, -0.05) is 12.2 Å². The summed E-state index contributed by atoms with van der Waals surface area (Å²) in [5, 5.41) is 3.45. The van der Waals surface area contributed by atoms with E-state index >= 15 is 0 Å². The van der Waals surface area contributed by atoms with Crippen molar-refractivity contribution in [3.8, 4) is 0 Å². The molecule has 4 heteroatoms. The maximum absolute atomic E-state index is 4.62. The number of nitrogens with one attached hydrogen (secondary N) is 1. The second-order valence-electron chi connectivity index (χ2n) is 5.55. The number of anilines is 1. The highest BCUT2D eigenvalue weighted by Crippen LogP contribution is 2.24. The lowest BCUT2D eigenvalue weighted by atomic mass is 9.96. The Morgan fingerprint density at radius 3 is 2.95 bits per heavy atom. The van der Waals surface area contributed by atoms with Crippen LogP contribution in [-0.2, 0) is 0 Å². The molecule has 1 aliphatic rings. The predicted molar refractivity (Wildman–Crippen MR) is 79.7 cm³/mol. The van der Waals surface area contributed by atoms with Crippen LogP contribution in [-0.4, -0.2) is 36.6 Å². The number of likely N-dealkylation sites (N-methyl/N-ethyl adjacent to an activating group) is 1. The van der Waals surface area contributed by atoms with Gasteiger partial charge in [-0.25, -0.2) is 9.97 Å². The summed E-state index contributed by atoms with van der Waals surface area (Å²) < 4.78 is 0. The third-order valence-electron chi connectivity index (χ3n) is 3.46. The van der Waals surface area contributed by atoms with Crippen LogP contribution in [0.5, 0.6) is 0 Å². The Kier molecular flexibility index (Phi) is 4.53. The van der Waals surface area contributed by atoms with Crippen molar-refractivity contribution < 1.29 is 0 Å². The Morgan fingerprint density at radius 1 is 1.53 bits per heavy atom. The van der Waals surface area contributed by atoms with E-state index in [4.69, 9.17) is 0 Å². The molecule has 0 saturated carbocycles. The molecule has 1 unspecified atom stereocenters. The molecule has 1 aromatic heterocycles. The van der Waals surface area contributed by atoms with Crippen molar-refractivity contribution in [3.63, 3.8) is 0 Å². The van der Waals surface area contributed by atoms with E-state index in [1.54, 1.807) is 0 Å². The van der Waals surface area contributed by atoms with Gasteiger partial charge in [-0.15, -0.1) is 0 Å². The molecule has 4 nitrogen and oxygen atoms in total. The number of nitrogens with zero attached hydrogens (tertiary/aromatic N) is 3. The molecule has 1 fully saturated rings. The Morgan fingerprint density at radius 2 is 2.32 bits per heavy atom. The Bertz CT molecular complexity index is 449. The minimum absolute atomic E-state index is 0.521. The minimum Gasteiger partial charge on any atom is -0.356 e. The number of aromatic nitrogens is 2. The molecule has 0 aromatic carbocycles. The molecule has 1 aromatic rings. The molecular weight excluding hydrogens is 236 g/mol. The van der Waals surface area contributed by atoms with Gasteiger partial charge in [0, 0.05) is 32.1 Å². The van der Waals surface area contributed by atoms with E-state index in [1.165, 1.54) is 18.5 Å². The van der Waals surface area contributed by atoms with Gasteiger partial charge in [0.05, 0.1) is 5.69 Å². The highest BCUT2D eigenvalue weighted by Gasteiger charge is 2.18. The van der Waals surface area contributed by atoms with E-state index in [0.717, 1.165) is 36.8 Å². The summed E-state index contributed by atoms with van der Waals surface area (Å²) in [6.45, 7) is 11.0. The summed E-state index contributed by atoms with van der Waals surface area (Å²) in [4.78, 5) is 11.3. The van der Waals surface area contributed by atoms with Crippen LogP contribution in [0, 0.1) is 6.92 Å². The molecule has 0 amide bonds. The van der Waals surface area contributed by atoms with Gasteiger partial charge >= 0.3 is 0 Å². The van der Waals surface area contributed by atoms with Gasteiger partial charge in [0.15, 0.2) is 0 Å². The van der Waals surface area contributed by atoms with Crippen LogP contribution in [0.4, 0.5) is 5.82 Å². The van der Waals surface area contributed by atoms with Gasteiger partial charge in [-0.3, -0.25) is 0 Å². The Labute approximate surface area is 115 Å². The largest absolute Gasteiger partial charge is 0.356 e. The lowest BCUT2D eigenvalue weighted by Gasteiger charge is -2.24. The van der Waals surface area contributed by atoms with Crippen molar-refractivity contribution in [1.82, 2.24) is 15.3 Å². The second-order valence-corrected chi connectivity index (χ2v) is 5.55. The summed E-state index contributed by atoms with van der Waals surface area (Å²) in [6, 6.07) is 2.13. The first-order valence-electron chi connectivity index (χ1n) is 6.98. The lowest BCUT2D eigenvalue weighted by molar-refractivity contribution is 0.453. The van der Waals surface area contributed by atoms with Crippen molar-refractivity contribution in [1.29, 1.82) is 0 Å². The van der Waals surface area contributed by atoms with Crippen LogP contribution >= 0.6 is 0 Å². The van der Waals surface area contributed by atoms with E-state index in [0.29, 0.717) is 5.92 Å². The van der Waals surface area contributed by atoms with Crippen molar-refractivity contribution in [2.75, 3.05) is 31.6 Å². The SMILES string of the molecule is C=C(C)CN(C)c1cc(C2CCCNC2)nc(C)n1. The third kappa shape index (κ3) is 3.77. The summed E-state index contributed by atoms with van der Waals surface area (Å²) in [7, 11) is 2.05.